The molecule has 2 atom stereocenters. The third kappa shape index (κ3) is 3.30. The molecule has 2 amide bonds. The molecule has 1 N–H and O–H groups in total. The van der Waals surface area contributed by atoms with E-state index in [9.17, 15) is 23.1 Å². The molecule has 0 spiro atoms. The highest BCUT2D eigenvalue weighted by molar-refractivity contribution is 7.91. The summed E-state index contributed by atoms with van der Waals surface area (Å²) in [5.41, 5.74) is -0.918. The lowest BCUT2D eigenvalue weighted by atomic mass is 9.82. The summed E-state index contributed by atoms with van der Waals surface area (Å²) in [5.74, 6) is -0.940. The van der Waals surface area contributed by atoms with Crippen LogP contribution in [0.25, 0.3) is 0 Å². The third-order valence-electron chi connectivity index (χ3n) is 4.40. The molecule has 0 aromatic carbocycles. The minimum absolute atomic E-state index is 0.0207. The number of aliphatic carboxylic acids is 1. The van der Waals surface area contributed by atoms with Gasteiger partial charge in [-0.3, -0.25) is 4.79 Å². The van der Waals surface area contributed by atoms with Gasteiger partial charge < -0.3 is 14.9 Å². The second-order valence-electron chi connectivity index (χ2n) is 6.33. The summed E-state index contributed by atoms with van der Waals surface area (Å²) >= 11 is 0. The molecule has 2 aliphatic rings. The maximum atomic E-state index is 12.5. The third-order valence-corrected chi connectivity index (χ3v) is 6.19. The van der Waals surface area contributed by atoms with Crippen LogP contribution >= 0.6 is 0 Å². The quantitative estimate of drug-likeness (QED) is 0.755. The molecule has 0 aliphatic carbocycles. The average molecular weight is 318 g/mol. The molecule has 2 rings (SSSR count). The van der Waals surface area contributed by atoms with Crippen LogP contribution in [0.5, 0.6) is 0 Å². The highest BCUT2D eigenvalue weighted by Gasteiger charge is 2.42. The van der Waals surface area contributed by atoms with E-state index in [4.69, 9.17) is 0 Å². The van der Waals surface area contributed by atoms with Crippen molar-refractivity contribution in [3.8, 4) is 0 Å². The molecule has 0 aromatic rings. The van der Waals surface area contributed by atoms with E-state index in [0.29, 0.717) is 19.4 Å². The number of sulfone groups is 1. The van der Waals surface area contributed by atoms with Crippen molar-refractivity contribution in [2.45, 2.75) is 32.7 Å². The number of carbonyl (C=O) groups is 2. The molecule has 2 saturated heterocycles. The average Bonchev–Trinajstić information content (AvgIpc) is 2.37. The predicted molar refractivity (Wildman–Crippen MR) is 76.8 cm³/mol. The highest BCUT2D eigenvalue weighted by Crippen LogP contribution is 2.30. The number of nitrogens with zero attached hydrogens (tertiary/aromatic N) is 2. The van der Waals surface area contributed by atoms with Gasteiger partial charge in [0.2, 0.25) is 0 Å². The molecule has 2 heterocycles. The maximum absolute atomic E-state index is 12.5. The van der Waals surface area contributed by atoms with Crippen LogP contribution in [0.2, 0.25) is 0 Å². The molecule has 7 nitrogen and oxygen atoms in total. The van der Waals surface area contributed by atoms with Crippen LogP contribution in [0.4, 0.5) is 4.79 Å². The highest BCUT2D eigenvalue weighted by atomic mass is 32.2. The zero-order chi connectivity index (χ0) is 15.8. The van der Waals surface area contributed by atoms with Gasteiger partial charge in [0.1, 0.15) is 0 Å². The Balaban J connectivity index is 2.08. The van der Waals surface area contributed by atoms with E-state index in [-0.39, 0.29) is 36.7 Å². The monoisotopic (exact) mass is 318 g/mol. The Morgan fingerprint density at radius 2 is 1.95 bits per heavy atom. The smallest absolute Gasteiger partial charge is 0.320 e. The molecule has 8 heteroatoms. The van der Waals surface area contributed by atoms with Gasteiger partial charge in [0, 0.05) is 25.7 Å². The van der Waals surface area contributed by atoms with Gasteiger partial charge in [-0.1, -0.05) is 0 Å². The standard InChI is InChI=1S/C13H22N2O5S/c1-10-8-21(19,20)7-6-15(10)12(18)14-5-3-4-13(2,9-14)11(16)17/h10H,3-9H2,1-2H3,(H,16,17). The number of amides is 2. The van der Waals surface area contributed by atoms with Crippen LogP contribution in [0.15, 0.2) is 0 Å². The molecule has 0 bridgehead atoms. The lowest BCUT2D eigenvalue weighted by molar-refractivity contribution is -0.150. The zero-order valence-electron chi connectivity index (χ0n) is 12.4. The topological polar surface area (TPSA) is 95.0 Å². The van der Waals surface area contributed by atoms with Gasteiger partial charge in [-0.2, -0.15) is 0 Å². The van der Waals surface area contributed by atoms with Gasteiger partial charge in [0.15, 0.2) is 9.84 Å². The number of carbonyl (C=O) groups excluding carboxylic acids is 1. The van der Waals surface area contributed by atoms with E-state index < -0.39 is 21.2 Å². The summed E-state index contributed by atoms with van der Waals surface area (Å²) in [7, 11) is -3.07. The van der Waals surface area contributed by atoms with Crippen molar-refractivity contribution in [2.75, 3.05) is 31.1 Å². The molecule has 0 radical (unpaired) electrons. The normalized spacial score (nSPS) is 32.8. The SMILES string of the molecule is CC1CS(=O)(=O)CCN1C(=O)N1CCCC(C)(C(=O)O)C1. The maximum Gasteiger partial charge on any atom is 0.320 e. The van der Waals surface area contributed by atoms with Crippen molar-refractivity contribution >= 4 is 21.8 Å². The zero-order valence-corrected chi connectivity index (χ0v) is 13.2. The Hall–Kier alpha value is -1.31. The van der Waals surface area contributed by atoms with E-state index in [2.05, 4.69) is 0 Å². The van der Waals surface area contributed by atoms with Crippen molar-refractivity contribution in [1.29, 1.82) is 0 Å². The molecular formula is C13H22N2O5S. The fourth-order valence-electron chi connectivity index (χ4n) is 3.04. The Morgan fingerprint density at radius 3 is 2.52 bits per heavy atom. The molecule has 2 unspecified atom stereocenters. The summed E-state index contributed by atoms with van der Waals surface area (Å²) < 4.78 is 23.1. The second kappa shape index (κ2) is 5.47. The lowest BCUT2D eigenvalue weighted by Gasteiger charge is -2.42. The minimum Gasteiger partial charge on any atom is -0.481 e. The molecule has 0 aromatic heterocycles. The summed E-state index contributed by atoms with van der Waals surface area (Å²) in [6.45, 7) is 4.26. The van der Waals surface area contributed by atoms with E-state index in [1.807, 2.05) is 0 Å². The fourth-order valence-corrected chi connectivity index (χ4v) is 4.60. The summed E-state index contributed by atoms with van der Waals surface area (Å²) in [4.78, 5) is 27.0. The largest absolute Gasteiger partial charge is 0.481 e. The van der Waals surface area contributed by atoms with Gasteiger partial charge in [0.05, 0.1) is 16.9 Å². The molecule has 2 fully saturated rings. The number of rotatable bonds is 1. The van der Waals surface area contributed by atoms with Gasteiger partial charge in [0.25, 0.3) is 0 Å². The molecular weight excluding hydrogens is 296 g/mol. The fraction of sp³-hybridized carbons (Fsp3) is 0.846. The first-order valence-corrected chi connectivity index (χ1v) is 8.96. The Labute approximate surface area is 124 Å². The number of urea groups is 1. The van der Waals surface area contributed by atoms with Crippen molar-refractivity contribution in [3.63, 3.8) is 0 Å². The van der Waals surface area contributed by atoms with E-state index in [1.54, 1.807) is 23.6 Å². The number of carboxylic acid groups (broad SMARTS) is 1. The Kier molecular flexibility index (Phi) is 4.19. The van der Waals surface area contributed by atoms with Crippen LogP contribution in [0.1, 0.15) is 26.7 Å². The minimum atomic E-state index is -3.07. The van der Waals surface area contributed by atoms with Crippen LogP contribution in [-0.4, -0.2) is 72.5 Å². The van der Waals surface area contributed by atoms with Gasteiger partial charge in [-0.05, 0) is 26.7 Å². The van der Waals surface area contributed by atoms with Crippen molar-refractivity contribution in [3.05, 3.63) is 0 Å². The first kappa shape index (κ1) is 16.1. The summed E-state index contributed by atoms with van der Waals surface area (Å²) in [5, 5.41) is 9.30. The number of piperidine rings is 1. The predicted octanol–water partition coefficient (Wildman–Crippen LogP) is 0.412. The van der Waals surface area contributed by atoms with Crippen LogP contribution in [0, 0.1) is 5.41 Å². The number of hydrogen-bond donors (Lipinski definition) is 1. The molecule has 0 saturated carbocycles. The van der Waals surface area contributed by atoms with Crippen molar-refractivity contribution < 1.29 is 23.1 Å². The molecule has 2 aliphatic heterocycles. The van der Waals surface area contributed by atoms with Crippen molar-refractivity contribution in [1.82, 2.24) is 9.80 Å². The first-order chi connectivity index (χ1) is 9.65. The van der Waals surface area contributed by atoms with Gasteiger partial charge in [-0.25, -0.2) is 13.2 Å². The van der Waals surface area contributed by atoms with Gasteiger partial charge in [-0.15, -0.1) is 0 Å². The van der Waals surface area contributed by atoms with E-state index in [1.165, 1.54) is 0 Å². The summed E-state index contributed by atoms with van der Waals surface area (Å²) in [6, 6.07) is -0.612. The Morgan fingerprint density at radius 1 is 1.29 bits per heavy atom. The second-order valence-corrected chi connectivity index (χ2v) is 8.56. The van der Waals surface area contributed by atoms with E-state index >= 15 is 0 Å². The van der Waals surface area contributed by atoms with Gasteiger partial charge >= 0.3 is 12.0 Å². The van der Waals surface area contributed by atoms with E-state index in [0.717, 1.165) is 0 Å². The van der Waals surface area contributed by atoms with Crippen LogP contribution < -0.4 is 0 Å². The van der Waals surface area contributed by atoms with Crippen molar-refractivity contribution in [2.24, 2.45) is 5.41 Å². The summed E-state index contributed by atoms with van der Waals surface area (Å²) in [6.07, 6.45) is 1.20. The van der Waals surface area contributed by atoms with Crippen LogP contribution in [0.3, 0.4) is 0 Å². The molecule has 120 valence electrons. The first-order valence-electron chi connectivity index (χ1n) is 7.14. The molecule has 21 heavy (non-hydrogen) atoms. The van der Waals surface area contributed by atoms with Crippen LogP contribution in [-0.2, 0) is 14.6 Å². The number of carboxylic acids is 1. The Bertz CT molecular complexity index is 547. The number of hydrogen-bond acceptors (Lipinski definition) is 4. The lowest BCUT2D eigenvalue weighted by Crippen LogP contribution is -2.57. The number of likely N-dealkylation sites (tertiary alicyclic amines) is 1.